The third kappa shape index (κ3) is 5.05. The van der Waals surface area contributed by atoms with Crippen LogP contribution in [0.1, 0.15) is 25.3 Å². The van der Waals surface area contributed by atoms with Crippen molar-refractivity contribution >= 4 is 23.4 Å². The number of azo groups is 1. The van der Waals surface area contributed by atoms with E-state index in [0.29, 0.717) is 6.54 Å². The largest absolute Gasteiger partial charge is 0.269 e. The number of benzene rings is 1. The first-order chi connectivity index (χ1) is 8.63. The lowest BCUT2D eigenvalue weighted by molar-refractivity contribution is -0.384. The molecule has 0 aliphatic rings. The van der Waals surface area contributed by atoms with Gasteiger partial charge in [0.2, 0.25) is 0 Å². The Morgan fingerprint density at radius 3 is 2.67 bits per heavy atom. The molecule has 0 atom stereocenters. The highest BCUT2D eigenvalue weighted by Crippen LogP contribution is 2.16. The molecule has 1 aromatic rings. The molecular weight excluding hydrogens is 254 g/mol. The van der Waals surface area contributed by atoms with Gasteiger partial charge in [-0.05, 0) is 30.2 Å². The van der Waals surface area contributed by atoms with Crippen molar-refractivity contribution in [2.24, 2.45) is 10.2 Å². The molecule has 96 valence electrons. The van der Waals surface area contributed by atoms with Crippen LogP contribution >= 0.6 is 11.6 Å². The van der Waals surface area contributed by atoms with Gasteiger partial charge < -0.3 is 0 Å². The van der Waals surface area contributed by atoms with E-state index in [-0.39, 0.29) is 10.8 Å². The summed E-state index contributed by atoms with van der Waals surface area (Å²) in [6.07, 6.45) is 3.65. The van der Waals surface area contributed by atoms with Gasteiger partial charge in [0, 0.05) is 12.1 Å². The minimum absolute atomic E-state index is 0.0489. The standard InChI is InChI=1S/C12H14ClN3O2/c1-2-3-8-14-15-12(13)9-10-4-6-11(7-5-10)16(17)18/h4-7,9H,2-3,8H2,1H3/b12-9+,15-14?. The van der Waals surface area contributed by atoms with Crippen molar-refractivity contribution in [1.82, 2.24) is 0 Å². The lowest BCUT2D eigenvalue weighted by Crippen LogP contribution is -1.86. The molecule has 0 saturated heterocycles. The number of non-ortho nitro benzene ring substituents is 1. The minimum atomic E-state index is -0.445. The van der Waals surface area contributed by atoms with Crippen LogP contribution < -0.4 is 0 Å². The molecule has 0 aromatic heterocycles. The van der Waals surface area contributed by atoms with E-state index < -0.39 is 4.92 Å². The maximum Gasteiger partial charge on any atom is 0.269 e. The second-order valence-corrected chi connectivity index (χ2v) is 4.02. The Hall–Kier alpha value is -1.75. The Morgan fingerprint density at radius 1 is 1.44 bits per heavy atom. The predicted molar refractivity (Wildman–Crippen MR) is 71.6 cm³/mol. The van der Waals surface area contributed by atoms with E-state index in [9.17, 15) is 10.1 Å². The molecule has 1 aromatic carbocycles. The Bertz CT molecular complexity index is 455. The Labute approximate surface area is 110 Å². The van der Waals surface area contributed by atoms with Gasteiger partial charge in [-0.2, -0.15) is 5.11 Å². The van der Waals surface area contributed by atoms with Gasteiger partial charge >= 0.3 is 0 Å². The zero-order valence-corrected chi connectivity index (χ0v) is 10.8. The normalized spacial score (nSPS) is 12.0. The molecule has 0 bridgehead atoms. The minimum Gasteiger partial charge on any atom is -0.258 e. The number of nitro benzene ring substituents is 1. The van der Waals surface area contributed by atoms with E-state index in [1.807, 2.05) is 0 Å². The Morgan fingerprint density at radius 2 is 2.11 bits per heavy atom. The van der Waals surface area contributed by atoms with E-state index in [4.69, 9.17) is 11.6 Å². The molecule has 0 saturated carbocycles. The second kappa shape index (κ2) is 7.55. The lowest BCUT2D eigenvalue weighted by atomic mass is 10.2. The summed E-state index contributed by atoms with van der Waals surface area (Å²) in [6.45, 7) is 2.73. The van der Waals surface area contributed by atoms with Crippen LogP contribution in [0.5, 0.6) is 0 Å². The molecule has 0 unspecified atom stereocenters. The van der Waals surface area contributed by atoms with Crippen LogP contribution in [0.2, 0.25) is 0 Å². The molecule has 0 heterocycles. The average Bonchev–Trinajstić information content (AvgIpc) is 2.35. The third-order valence-corrected chi connectivity index (χ3v) is 2.35. The summed E-state index contributed by atoms with van der Waals surface area (Å²) < 4.78 is 0. The van der Waals surface area contributed by atoms with E-state index in [1.165, 1.54) is 12.1 Å². The van der Waals surface area contributed by atoms with Crippen molar-refractivity contribution in [1.29, 1.82) is 0 Å². The fraction of sp³-hybridized carbons (Fsp3) is 0.333. The van der Waals surface area contributed by atoms with Crippen molar-refractivity contribution < 1.29 is 4.92 Å². The highest BCUT2D eigenvalue weighted by atomic mass is 35.5. The van der Waals surface area contributed by atoms with Crippen LogP contribution in [0.15, 0.2) is 39.7 Å². The van der Waals surface area contributed by atoms with Gasteiger partial charge in [-0.3, -0.25) is 10.1 Å². The molecule has 0 amide bonds. The summed E-state index contributed by atoms with van der Waals surface area (Å²) in [5.74, 6) is 0. The number of hydrogen-bond acceptors (Lipinski definition) is 4. The van der Waals surface area contributed by atoms with Crippen molar-refractivity contribution in [3.63, 3.8) is 0 Å². The van der Waals surface area contributed by atoms with E-state index in [1.54, 1.807) is 18.2 Å². The quantitative estimate of drug-likeness (QED) is 0.252. The van der Waals surface area contributed by atoms with Gasteiger partial charge in [-0.1, -0.05) is 24.9 Å². The van der Waals surface area contributed by atoms with Crippen molar-refractivity contribution in [2.45, 2.75) is 19.8 Å². The maximum absolute atomic E-state index is 10.5. The van der Waals surface area contributed by atoms with Crippen LogP contribution in [0.25, 0.3) is 6.08 Å². The highest BCUT2D eigenvalue weighted by Gasteiger charge is 2.02. The summed E-state index contributed by atoms with van der Waals surface area (Å²) in [5, 5.41) is 18.5. The number of hydrogen-bond donors (Lipinski definition) is 0. The highest BCUT2D eigenvalue weighted by molar-refractivity contribution is 6.31. The van der Waals surface area contributed by atoms with Crippen LogP contribution in [0.4, 0.5) is 5.69 Å². The number of rotatable bonds is 6. The number of halogens is 1. The summed E-state index contributed by atoms with van der Waals surface area (Å²) in [7, 11) is 0. The van der Waals surface area contributed by atoms with Gasteiger partial charge in [0.15, 0.2) is 5.16 Å². The van der Waals surface area contributed by atoms with Crippen molar-refractivity contribution in [2.75, 3.05) is 6.54 Å². The van der Waals surface area contributed by atoms with Crippen LogP contribution in [-0.2, 0) is 0 Å². The van der Waals surface area contributed by atoms with Crippen molar-refractivity contribution in [3.8, 4) is 0 Å². The van der Waals surface area contributed by atoms with Gasteiger partial charge in [0.05, 0.1) is 11.5 Å². The number of nitrogens with zero attached hydrogens (tertiary/aromatic N) is 3. The van der Waals surface area contributed by atoms with Gasteiger partial charge in [-0.25, -0.2) is 0 Å². The summed E-state index contributed by atoms with van der Waals surface area (Å²) >= 11 is 5.86. The van der Waals surface area contributed by atoms with Gasteiger partial charge in [0.25, 0.3) is 5.69 Å². The molecule has 18 heavy (non-hydrogen) atoms. The fourth-order valence-corrected chi connectivity index (χ4v) is 1.38. The van der Waals surface area contributed by atoms with Gasteiger partial charge in [0.1, 0.15) is 0 Å². The molecule has 1 rings (SSSR count). The second-order valence-electron chi connectivity index (χ2n) is 3.63. The third-order valence-electron chi connectivity index (χ3n) is 2.17. The van der Waals surface area contributed by atoms with E-state index in [0.717, 1.165) is 18.4 Å². The summed E-state index contributed by atoms with van der Waals surface area (Å²) in [4.78, 5) is 10.0. The molecule has 0 aliphatic carbocycles. The maximum atomic E-state index is 10.5. The smallest absolute Gasteiger partial charge is 0.258 e. The van der Waals surface area contributed by atoms with Crippen LogP contribution in [0.3, 0.4) is 0 Å². The zero-order chi connectivity index (χ0) is 13.4. The molecule has 5 nitrogen and oxygen atoms in total. The summed E-state index contributed by atoms with van der Waals surface area (Å²) in [6, 6.07) is 6.07. The topological polar surface area (TPSA) is 67.9 Å². The first-order valence-electron chi connectivity index (χ1n) is 5.62. The molecule has 0 spiro atoms. The molecule has 6 heteroatoms. The Kier molecular flexibility index (Phi) is 6.00. The zero-order valence-electron chi connectivity index (χ0n) is 10.0. The molecule has 0 radical (unpaired) electrons. The predicted octanol–water partition coefficient (Wildman–Crippen LogP) is 4.38. The number of nitro groups is 1. The lowest BCUT2D eigenvalue weighted by Gasteiger charge is -1.94. The Balaban J connectivity index is 2.64. The fourth-order valence-electron chi connectivity index (χ4n) is 1.21. The van der Waals surface area contributed by atoms with Gasteiger partial charge in [-0.15, -0.1) is 5.11 Å². The summed E-state index contributed by atoms with van der Waals surface area (Å²) in [5.41, 5.74) is 0.799. The molecular formula is C12H14ClN3O2. The van der Waals surface area contributed by atoms with E-state index in [2.05, 4.69) is 17.2 Å². The molecule has 0 aliphatic heterocycles. The van der Waals surface area contributed by atoms with Crippen molar-refractivity contribution in [3.05, 3.63) is 45.1 Å². The van der Waals surface area contributed by atoms with Crippen LogP contribution in [0, 0.1) is 10.1 Å². The number of unbranched alkanes of at least 4 members (excludes halogenated alkanes) is 1. The first-order valence-corrected chi connectivity index (χ1v) is 6.00. The molecule has 0 fully saturated rings. The monoisotopic (exact) mass is 267 g/mol. The van der Waals surface area contributed by atoms with E-state index >= 15 is 0 Å². The first kappa shape index (κ1) is 14.3. The molecule has 0 N–H and O–H groups in total. The van der Waals surface area contributed by atoms with Crippen LogP contribution in [-0.4, -0.2) is 11.5 Å². The SMILES string of the molecule is CCCCN=N/C(Cl)=C/c1ccc([N+](=O)[O-])cc1. The average molecular weight is 268 g/mol.